The normalized spacial score (nSPS) is 12.2. The maximum Gasteiger partial charge on any atom is 0.270 e. The first-order valence-corrected chi connectivity index (χ1v) is 11.6. The van der Waals surface area contributed by atoms with E-state index in [9.17, 15) is 13.2 Å². The molecule has 2 aromatic carbocycles. The number of hydrogen-bond donors (Lipinski definition) is 2. The molecule has 0 bridgehead atoms. The summed E-state index contributed by atoms with van der Waals surface area (Å²) >= 11 is 0.770. The summed E-state index contributed by atoms with van der Waals surface area (Å²) in [7, 11) is -2.35. The van der Waals surface area contributed by atoms with Crippen LogP contribution in [0.5, 0.6) is 11.5 Å². The fraction of sp³-hybridized carbons (Fsp3) is 0.250. The van der Waals surface area contributed by atoms with Crippen LogP contribution in [0.15, 0.2) is 52.9 Å². The maximum absolute atomic E-state index is 12.6. The molecule has 164 valence electrons. The summed E-state index contributed by atoms with van der Waals surface area (Å²) in [6.07, 6.45) is 0. The molecule has 1 aromatic heterocycles. The van der Waals surface area contributed by atoms with Crippen LogP contribution in [0.25, 0.3) is 0 Å². The van der Waals surface area contributed by atoms with E-state index < -0.39 is 16.1 Å². The highest BCUT2D eigenvalue weighted by atomic mass is 32.2. The fourth-order valence-electron chi connectivity index (χ4n) is 2.60. The number of anilines is 1. The lowest BCUT2D eigenvalue weighted by atomic mass is 10.1. The van der Waals surface area contributed by atoms with E-state index in [4.69, 9.17) is 9.47 Å². The molecule has 9 nitrogen and oxygen atoms in total. The minimum absolute atomic E-state index is 0.0933. The van der Waals surface area contributed by atoms with Gasteiger partial charge in [-0.1, -0.05) is 29.5 Å². The van der Waals surface area contributed by atoms with Crippen molar-refractivity contribution in [1.29, 1.82) is 0 Å². The van der Waals surface area contributed by atoms with Gasteiger partial charge in [0.15, 0.2) is 0 Å². The number of methoxy groups -OCH3 is 1. The van der Waals surface area contributed by atoms with Crippen molar-refractivity contribution in [2.75, 3.05) is 19.0 Å². The van der Waals surface area contributed by atoms with Gasteiger partial charge in [-0.25, -0.2) is 13.1 Å². The Hall–Kier alpha value is -3.02. The van der Waals surface area contributed by atoms with Gasteiger partial charge in [0.1, 0.15) is 18.1 Å². The third kappa shape index (κ3) is 6.00. The van der Waals surface area contributed by atoms with Crippen LogP contribution in [-0.2, 0) is 10.0 Å². The maximum atomic E-state index is 12.6. The minimum Gasteiger partial charge on any atom is -0.497 e. The molecule has 0 fully saturated rings. The number of rotatable bonds is 9. The minimum atomic E-state index is -3.92. The second-order valence-corrected chi connectivity index (χ2v) is 9.52. The fourth-order valence-corrected chi connectivity index (χ4v) is 4.74. The molecule has 3 aromatic rings. The van der Waals surface area contributed by atoms with Crippen LogP contribution in [0.2, 0.25) is 0 Å². The number of nitrogens with zero attached hydrogens (tertiary/aromatic N) is 2. The number of amides is 1. The predicted molar refractivity (Wildman–Crippen MR) is 117 cm³/mol. The Labute approximate surface area is 184 Å². The largest absolute Gasteiger partial charge is 0.497 e. The Morgan fingerprint density at radius 3 is 2.45 bits per heavy atom. The summed E-state index contributed by atoms with van der Waals surface area (Å²) in [5, 5.41) is 10.1. The second-order valence-electron chi connectivity index (χ2n) is 6.65. The van der Waals surface area contributed by atoms with Crippen molar-refractivity contribution in [1.82, 2.24) is 14.9 Å². The first kappa shape index (κ1) is 22.7. The number of carbonyl (C=O) groups excluding carboxylic acids is 1. The molecule has 11 heteroatoms. The van der Waals surface area contributed by atoms with Gasteiger partial charge < -0.3 is 9.47 Å². The van der Waals surface area contributed by atoms with Crippen LogP contribution in [0.4, 0.5) is 5.13 Å². The lowest BCUT2D eigenvalue weighted by Crippen LogP contribution is -2.36. The van der Waals surface area contributed by atoms with Crippen LogP contribution in [0, 0.1) is 6.92 Å². The van der Waals surface area contributed by atoms with Crippen molar-refractivity contribution in [3.05, 3.63) is 59.7 Å². The van der Waals surface area contributed by atoms with Gasteiger partial charge in [-0.2, -0.15) is 0 Å². The zero-order valence-electron chi connectivity index (χ0n) is 17.2. The lowest BCUT2D eigenvalue weighted by Gasteiger charge is -2.14. The third-order valence-corrected chi connectivity index (χ3v) is 6.96. The SMILES string of the molecule is COc1ccc(OC[C@H](C)NS(=O)(=O)c2nnc(NC(=O)c3ccccc3C)s2)cc1. The van der Waals surface area contributed by atoms with Gasteiger partial charge in [-0.3, -0.25) is 10.1 Å². The van der Waals surface area contributed by atoms with Crippen molar-refractivity contribution in [3.8, 4) is 11.5 Å². The standard InChI is InChI=1S/C20H22N4O5S2/c1-13-6-4-5-7-17(13)18(25)21-19-22-23-20(30-19)31(26,27)24-14(2)12-29-16-10-8-15(28-3)9-11-16/h4-11,14,24H,12H2,1-3H3,(H,21,22,25)/t14-/m0/s1. The Balaban J connectivity index is 1.58. The Morgan fingerprint density at radius 1 is 1.10 bits per heavy atom. The monoisotopic (exact) mass is 462 g/mol. The van der Waals surface area contributed by atoms with Crippen LogP contribution < -0.4 is 19.5 Å². The first-order chi connectivity index (χ1) is 14.8. The summed E-state index contributed by atoms with van der Waals surface area (Å²) in [6, 6.07) is 13.5. The Bertz CT molecular complexity index is 1150. The summed E-state index contributed by atoms with van der Waals surface area (Å²) in [6.45, 7) is 3.59. The van der Waals surface area contributed by atoms with Crippen molar-refractivity contribution >= 4 is 32.4 Å². The molecule has 1 amide bonds. The van der Waals surface area contributed by atoms with E-state index in [0.717, 1.165) is 16.9 Å². The first-order valence-electron chi connectivity index (χ1n) is 9.28. The molecule has 0 spiro atoms. The summed E-state index contributed by atoms with van der Waals surface area (Å²) in [5.41, 5.74) is 1.27. The Morgan fingerprint density at radius 2 is 1.77 bits per heavy atom. The molecule has 1 atom stereocenters. The van der Waals surface area contributed by atoms with Crippen LogP contribution in [0.1, 0.15) is 22.8 Å². The highest BCUT2D eigenvalue weighted by Gasteiger charge is 2.23. The lowest BCUT2D eigenvalue weighted by molar-refractivity contribution is 0.102. The number of aryl methyl sites for hydroxylation is 1. The molecule has 1 heterocycles. The number of sulfonamides is 1. The molecule has 0 saturated carbocycles. The van der Waals surface area contributed by atoms with Gasteiger partial charge in [0.05, 0.1) is 13.2 Å². The van der Waals surface area contributed by atoms with Crippen molar-refractivity contribution < 1.29 is 22.7 Å². The van der Waals surface area contributed by atoms with Gasteiger partial charge in [-0.15, -0.1) is 10.2 Å². The quantitative estimate of drug-likeness (QED) is 0.469. The van der Waals surface area contributed by atoms with E-state index in [2.05, 4.69) is 20.2 Å². The molecule has 3 rings (SSSR count). The number of aromatic nitrogens is 2. The smallest absolute Gasteiger partial charge is 0.270 e. The van der Waals surface area contributed by atoms with Crippen LogP contribution in [-0.4, -0.2) is 44.3 Å². The van der Waals surface area contributed by atoms with E-state index in [-0.39, 0.29) is 22.0 Å². The number of hydrogen-bond acceptors (Lipinski definition) is 8. The molecule has 31 heavy (non-hydrogen) atoms. The van der Waals surface area contributed by atoms with Gasteiger partial charge in [0.25, 0.3) is 15.9 Å². The van der Waals surface area contributed by atoms with Gasteiger partial charge in [-0.05, 0) is 49.7 Å². The molecule has 0 aliphatic carbocycles. The predicted octanol–water partition coefficient (Wildman–Crippen LogP) is 2.85. The molecular formula is C20H22N4O5S2. The average Bonchev–Trinajstić information content (AvgIpc) is 3.22. The summed E-state index contributed by atoms with van der Waals surface area (Å²) in [5.74, 6) is 0.902. The highest BCUT2D eigenvalue weighted by Crippen LogP contribution is 2.22. The van der Waals surface area contributed by atoms with E-state index in [1.165, 1.54) is 0 Å². The molecule has 0 aliphatic rings. The van der Waals surface area contributed by atoms with Crippen molar-refractivity contribution in [2.45, 2.75) is 24.2 Å². The topological polar surface area (TPSA) is 120 Å². The van der Waals surface area contributed by atoms with E-state index in [1.807, 2.05) is 19.1 Å². The zero-order chi connectivity index (χ0) is 22.4. The van der Waals surface area contributed by atoms with Crippen LogP contribution >= 0.6 is 11.3 Å². The number of nitrogens with one attached hydrogen (secondary N) is 2. The summed E-state index contributed by atoms with van der Waals surface area (Å²) < 4.78 is 38.1. The highest BCUT2D eigenvalue weighted by molar-refractivity contribution is 7.91. The number of benzene rings is 2. The molecule has 0 saturated heterocycles. The number of ether oxygens (including phenoxy) is 2. The Kier molecular flexibility index (Phi) is 7.21. The van der Waals surface area contributed by atoms with Gasteiger partial charge in [0.2, 0.25) is 9.47 Å². The summed E-state index contributed by atoms with van der Waals surface area (Å²) in [4.78, 5) is 12.4. The van der Waals surface area contributed by atoms with Crippen molar-refractivity contribution in [2.24, 2.45) is 0 Å². The average molecular weight is 463 g/mol. The third-order valence-electron chi connectivity index (χ3n) is 4.16. The molecule has 0 aliphatic heterocycles. The second kappa shape index (κ2) is 9.86. The molecule has 2 N–H and O–H groups in total. The van der Waals surface area contributed by atoms with E-state index in [1.54, 1.807) is 50.4 Å². The zero-order valence-corrected chi connectivity index (χ0v) is 18.8. The molecule has 0 unspecified atom stereocenters. The number of carbonyl (C=O) groups is 1. The van der Waals surface area contributed by atoms with E-state index >= 15 is 0 Å². The van der Waals surface area contributed by atoms with Gasteiger partial charge in [0, 0.05) is 5.56 Å². The van der Waals surface area contributed by atoms with Crippen LogP contribution in [0.3, 0.4) is 0 Å². The van der Waals surface area contributed by atoms with Gasteiger partial charge >= 0.3 is 0 Å². The van der Waals surface area contributed by atoms with Crippen molar-refractivity contribution in [3.63, 3.8) is 0 Å². The molecular weight excluding hydrogens is 440 g/mol. The molecule has 0 radical (unpaired) electrons. The van der Waals surface area contributed by atoms with E-state index in [0.29, 0.717) is 17.1 Å².